The van der Waals surface area contributed by atoms with E-state index < -0.39 is 6.10 Å². The lowest BCUT2D eigenvalue weighted by molar-refractivity contribution is 0.182. The summed E-state index contributed by atoms with van der Waals surface area (Å²) in [6.45, 7) is 6.06. The molecule has 0 spiro atoms. The Morgan fingerprint density at radius 2 is 2.00 bits per heavy atom. The molecule has 1 heterocycles. The van der Waals surface area contributed by atoms with Crippen molar-refractivity contribution in [3.63, 3.8) is 0 Å². The first-order chi connectivity index (χ1) is 7.65. The number of aliphatic hydroxyl groups excluding tert-OH is 1. The molecule has 0 saturated heterocycles. The number of nitrogens with zero attached hydrogens (tertiary/aromatic N) is 2. The van der Waals surface area contributed by atoms with Gasteiger partial charge in [-0.25, -0.2) is 4.98 Å². The van der Waals surface area contributed by atoms with E-state index in [1.54, 1.807) is 6.92 Å². The average Bonchev–Trinajstić information content (AvgIpc) is 2.67. The SMILES string of the molecule is CC[C@H](C)n1c([C@H](C)O)nc2ccccc21. The third-order valence-electron chi connectivity index (χ3n) is 3.03. The molecule has 0 fully saturated rings. The molecule has 3 nitrogen and oxygen atoms in total. The molecule has 2 atom stereocenters. The first kappa shape index (κ1) is 11.1. The fourth-order valence-corrected chi connectivity index (χ4v) is 2.00. The van der Waals surface area contributed by atoms with Gasteiger partial charge in [0.2, 0.25) is 0 Å². The minimum Gasteiger partial charge on any atom is -0.385 e. The second-order valence-electron chi connectivity index (χ2n) is 4.26. The molecule has 1 aromatic heterocycles. The number of rotatable bonds is 3. The van der Waals surface area contributed by atoms with Crippen molar-refractivity contribution in [2.45, 2.75) is 39.3 Å². The highest BCUT2D eigenvalue weighted by Gasteiger charge is 2.17. The summed E-state index contributed by atoms with van der Waals surface area (Å²) in [5.74, 6) is 0.760. The van der Waals surface area contributed by atoms with Crippen molar-refractivity contribution in [3.8, 4) is 0 Å². The van der Waals surface area contributed by atoms with Crippen molar-refractivity contribution in [2.75, 3.05) is 0 Å². The fourth-order valence-electron chi connectivity index (χ4n) is 2.00. The van der Waals surface area contributed by atoms with E-state index >= 15 is 0 Å². The van der Waals surface area contributed by atoms with Gasteiger partial charge in [-0.2, -0.15) is 0 Å². The van der Waals surface area contributed by atoms with E-state index in [1.807, 2.05) is 18.2 Å². The minimum absolute atomic E-state index is 0.358. The van der Waals surface area contributed by atoms with E-state index in [2.05, 4.69) is 29.5 Å². The van der Waals surface area contributed by atoms with E-state index in [1.165, 1.54) is 0 Å². The summed E-state index contributed by atoms with van der Waals surface area (Å²) in [5.41, 5.74) is 2.06. The Balaban J connectivity index is 2.69. The predicted octanol–water partition coefficient (Wildman–Crippen LogP) is 3.06. The molecule has 0 aliphatic heterocycles. The van der Waals surface area contributed by atoms with Crippen molar-refractivity contribution in [1.82, 2.24) is 9.55 Å². The molecule has 0 aliphatic carbocycles. The second kappa shape index (κ2) is 4.26. The van der Waals surface area contributed by atoms with Gasteiger partial charge in [-0.3, -0.25) is 0 Å². The van der Waals surface area contributed by atoms with Gasteiger partial charge in [0.05, 0.1) is 11.0 Å². The largest absolute Gasteiger partial charge is 0.385 e. The molecule has 0 aliphatic rings. The van der Waals surface area contributed by atoms with Gasteiger partial charge in [-0.15, -0.1) is 0 Å². The second-order valence-corrected chi connectivity index (χ2v) is 4.26. The molecule has 1 N–H and O–H groups in total. The highest BCUT2D eigenvalue weighted by Crippen LogP contribution is 2.26. The van der Waals surface area contributed by atoms with Crippen LogP contribution in [0.15, 0.2) is 24.3 Å². The molecule has 0 bridgehead atoms. The molecule has 2 rings (SSSR count). The number of aliphatic hydroxyl groups is 1. The zero-order valence-corrected chi connectivity index (χ0v) is 10.0. The molecule has 0 saturated carbocycles. The number of benzene rings is 1. The number of imidazole rings is 1. The molecule has 0 unspecified atom stereocenters. The first-order valence-corrected chi connectivity index (χ1v) is 5.80. The maximum Gasteiger partial charge on any atom is 0.138 e. The highest BCUT2D eigenvalue weighted by atomic mass is 16.3. The number of hydrogen-bond acceptors (Lipinski definition) is 2. The Morgan fingerprint density at radius 3 is 2.62 bits per heavy atom. The Labute approximate surface area is 95.7 Å². The summed E-state index contributed by atoms with van der Waals surface area (Å²) in [7, 11) is 0. The molecule has 3 heteroatoms. The average molecular weight is 218 g/mol. The molecule has 16 heavy (non-hydrogen) atoms. The summed E-state index contributed by atoms with van der Waals surface area (Å²) in [5, 5.41) is 9.77. The van der Waals surface area contributed by atoms with Crippen LogP contribution in [0.5, 0.6) is 0 Å². The van der Waals surface area contributed by atoms with E-state index in [-0.39, 0.29) is 0 Å². The van der Waals surface area contributed by atoms with Crippen molar-refractivity contribution in [1.29, 1.82) is 0 Å². The Morgan fingerprint density at radius 1 is 1.31 bits per heavy atom. The summed E-state index contributed by atoms with van der Waals surface area (Å²) in [4.78, 5) is 4.49. The number of hydrogen-bond donors (Lipinski definition) is 1. The summed E-state index contributed by atoms with van der Waals surface area (Å²) >= 11 is 0. The number of aromatic nitrogens is 2. The maximum absolute atomic E-state index is 9.77. The van der Waals surface area contributed by atoms with Crippen LogP contribution in [0.2, 0.25) is 0 Å². The fraction of sp³-hybridized carbons (Fsp3) is 0.462. The molecule has 1 aromatic carbocycles. The van der Waals surface area contributed by atoms with Crippen molar-refractivity contribution < 1.29 is 5.11 Å². The van der Waals surface area contributed by atoms with Gasteiger partial charge in [0.15, 0.2) is 0 Å². The van der Waals surface area contributed by atoms with Crippen molar-refractivity contribution >= 4 is 11.0 Å². The lowest BCUT2D eigenvalue weighted by Crippen LogP contribution is -2.10. The lowest BCUT2D eigenvalue weighted by Gasteiger charge is -2.16. The molecular weight excluding hydrogens is 200 g/mol. The summed E-state index contributed by atoms with van der Waals surface area (Å²) < 4.78 is 2.14. The van der Waals surface area contributed by atoms with E-state index in [0.29, 0.717) is 6.04 Å². The van der Waals surface area contributed by atoms with Gasteiger partial charge >= 0.3 is 0 Å². The van der Waals surface area contributed by atoms with Crippen LogP contribution in [0.3, 0.4) is 0 Å². The Kier molecular flexibility index (Phi) is 2.97. The van der Waals surface area contributed by atoms with Crippen molar-refractivity contribution in [3.05, 3.63) is 30.1 Å². The molecule has 86 valence electrons. The number of fused-ring (bicyclic) bond motifs is 1. The van der Waals surface area contributed by atoms with Crippen LogP contribution in [0.25, 0.3) is 11.0 Å². The zero-order valence-electron chi connectivity index (χ0n) is 10.0. The lowest BCUT2D eigenvalue weighted by atomic mass is 10.2. The smallest absolute Gasteiger partial charge is 0.138 e. The normalized spacial score (nSPS) is 15.2. The number of para-hydroxylation sites is 2. The third kappa shape index (κ3) is 1.71. The summed E-state index contributed by atoms with van der Waals surface area (Å²) in [6, 6.07) is 8.38. The van der Waals surface area contributed by atoms with Gasteiger partial charge in [-0.05, 0) is 32.4 Å². The van der Waals surface area contributed by atoms with Gasteiger partial charge in [-0.1, -0.05) is 19.1 Å². The van der Waals surface area contributed by atoms with E-state index in [4.69, 9.17) is 0 Å². The van der Waals surface area contributed by atoms with Gasteiger partial charge in [0.25, 0.3) is 0 Å². The zero-order chi connectivity index (χ0) is 11.7. The highest BCUT2D eigenvalue weighted by molar-refractivity contribution is 5.76. The van der Waals surface area contributed by atoms with Crippen LogP contribution >= 0.6 is 0 Å². The third-order valence-corrected chi connectivity index (χ3v) is 3.03. The van der Waals surface area contributed by atoms with Crippen LogP contribution in [-0.4, -0.2) is 14.7 Å². The molecule has 2 aromatic rings. The van der Waals surface area contributed by atoms with Crippen molar-refractivity contribution in [2.24, 2.45) is 0 Å². The Bertz CT molecular complexity index is 488. The predicted molar refractivity (Wildman–Crippen MR) is 65.4 cm³/mol. The van der Waals surface area contributed by atoms with E-state index in [0.717, 1.165) is 23.3 Å². The Hall–Kier alpha value is -1.35. The summed E-state index contributed by atoms with van der Waals surface area (Å²) in [6.07, 6.45) is 0.501. The van der Waals surface area contributed by atoms with Crippen LogP contribution in [0.1, 0.15) is 45.2 Å². The van der Waals surface area contributed by atoms with Crippen LogP contribution in [0, 0.1) is 0 Å². The van der Waals surface area contributed by atoms with Gasteiger partial charge < -0.3 is 9.67 Å². The monoisotopic (exact) mass is 218 g/mol. The van der Waals surface area contributed by atoms with Crippen LogP contribution in [0.4, 0.5) is 0 Å². The quantitative estimate of drug-likeness (QED) is 0.859. The molecule has 0 amide bonds. The standard InChI is InChI=1S/C13H18N2O/c1-4-9(2)15-12-8-6-5-7-11(12)14-13(15)10(3)16/h5-10,16H,4H2,1-3H3/t9-,10-/m0/s1. The van der Waals surface area contributed by atoms with Crippen LogP contribution < -0.4 is 0 Å². The van der Waals surface area contributed by atoms with Gasteiger partial charge in [0.1, 0.15) is 11.9 Å². The van der Waals surface area contributed by atoms with E-state index in [9.17, 15) is 5.11 Å². The van der Waals surface area contributed by atoms with Crippen LogP contribution in [-0.2, 0) is 0 Å². The molecular formula is C13H18N2O. The topological polar surface area (TPSA) is 38.0 Å². The first-order valence-electron chi connectivity index (χ1n) is 5.80. The molecule has 0 radical (unpaired) electrons. The minimum atomic E-state index is -0.526. The van der Waals surface area contributed by atoms with Gasteiger partial charge in [0, 0.05) is 6.04 Å². The maximum atomic E-state index is 9.77.